The first-order valence-electron chi connectivity index (χ1n) is 8.19. The quantitative estimate of drug-likeness (QED) is 0.484. The van der Waals surface area contributed by atoms with Crippen LogP contribution in [-0.4, -0.2) is 4.98 Å². The molecule has 6 heteroatoms. The van der Waals surface area contributed by atoms with Gasteiger partial charge in [0.2, 0.25) is 5.88 Å². The molecule has 4 nitrogen and oxygen atoms in total. The van der Waals surface area contributed by atoms with Crippen molar-refractivity contribution in [3.63, 3.8) is 0 Å². The van der Waals surface area contributed by atoms with E-state index in [1.165, 1.54) is 12.1 Å². The fraction of sp³-hybridized carbons (Fsp3) is 0. The van der Waals surface area contributed by atoms with Crippen molar-refractivity contribution < 1.29 is 8.81 Å². The molecule has 4 aromatic rings. The Labute approximate surface area is 159 Å². The minimum atomic E-state index is -0.494. The van der Waals surface area contributed by atoms with Gasteiger partial charge < -0.3 is 15.9 Å². The van der Waals surface area contributed by atoms with E-state index in [0.717, 1.165) is 5.56 Å². The molecule has 0 radical (unpaired) electrons. The van der Waals surface area contributed by atoms with E-state index >= 15 is 0 Å². The zero-order valence-electron chi connectivity index (χ0n) is 14.1. The van der Waals surface area contributed by atoms with E-state index in [4.69, 9.17) is 27.5 Å². The highest BCUT2D eigenvalue weighted by molar-refractivity contribution is 6.31. The molecule has 2 aromatic carbocycles. The van der Waals surface area contributed by atoms with Crippen molar-refractivity contribution in [1.29, 1.82) is 0 Å². The summed E-state index contributed by atoms with van der Waals surface area (Å²) < 4.78 is 19.2. The summed E-state index contributed by atoms with van der Waals surface area (Å²) in [7, 11) is 0. The van der Waals surface area contributed by atoms with Gasteiger partial charge in [-0.05, 0) is 29.3 Å². The van der Waals surface area contributed by atoms with Crippen molar-refractivity contribution in [2.24, 2.45) is 0 Å². The summed E-state index contributed by atoms with van der Waals surface area (Å²) in [6, 6.07) is 14.2. The highest BCUT2D eigenvalue weighted by atomic mass is 35.5. The Morgan fingerprint density at radius 2 is 1.81 bits per heavy atom. The molecule has 0 fully saturated rings. The van der Waals surface area contributed by atoms with Gasteiger partial charge in [-0.15, -0.1) is 0 Å². The normalized spacial score (nSPS) is 11.5. The fourth-order valence-corrected chi connectivity index (χ4v) is 3.09. The van der Waals surface area contributed by atoms with E-state index in [9.17, 15) is 4.39 Å². The van der Waals surface area contributed by atoms with E-state index in [1.807, 2.05) is 42.5 Å². The minimum absolute atomic E-state index is 0.0174. The average Bonchev–Trinajstić information content (AvgIpc) is 2.98. The minimum Gasteiger partial charge on any atom is -0.436 e. The Morgan fingerprint density at radius 3 is 2.56 bits per heavy atom. The van der Waals surface area contributed by atoms with Crippen LogP contribution in [0.2, 0.25) is 5.02 Å². The van der Waals surface area contributed by atoms with Crippen LogP contribution in [0.5, 0.6) is 0 Å². The van der Waals surface area contributed by atoms with Gasteiger partial charge in [-0.1, -0.05) is 54.1 Å². The third kappa shape index (κ3) is 3.13. The lowest BCUT2D eigenvalue weighted by Crippen LogP contribution is -1.92. The van der Waals surface area contributed by atoms with E-state index in [-0.39, 0.29) is 10.9 Å². The van der Waals surface area contributed by atoms with Crippen LogP contribution in [0, 0.1) is 5.82 Å². The second kappa shape index (κ2) is 6.78. The van der Waals surface area contributed by atoms with Gasteiger partial charge in [0.1, 0.15) is 17.2 Å². The molecule has 0 aliphatic heterocycles. The van der Waals surface area contributed by atoms with Gasteiger partial charge in [0, 0.05) is 11.8 Å². The van der Waals surface area contributed by atoms with Crippen molar-refractivity contribution in [3.8, 4) is 11.1 Å². The Bertz CT molecular complexity index is 1170. The molecule has 0 aliphatic carbocycles. The molecule has 2 aromatic heterocycles. The lowest BCUT2D eigenvalue weighted by atomic mass is 10.0. The van der Waals surface area contributed by atoms with Gasteiger partial charge in [0.25, 0.3) is 0 Å². The van der Waals surface area contributed by atoms with Crippen LogP contribution in [-0.2, 0) is 0 Å². The maximum atomic E-state index is 13.5. The van der Waals surface area contributed by atoms with Crippen LogP contribution < -0.4 is 11.5 Å². The number of hydrogen-bond acceptors (Lipinski definition) is 4. The predicted octanol–water partition coefficient (Wildman–Crippen LogP) is 5.62. The molecule has 0 saturated heterocycles. The number of nitrogen functional groups attached to an aromatic ring is 2. The van der Waals surface area contributed by atoms with Crippen LogP contribution in [0.15, 0.2) is 59.1 Å². The topological polar surface area (TPSA) is 78.1 Å². The van der Waals surface area contributed by atoms with Crippen LogP contribution in [0.25, 0.3) is 34.2 Å². The Kier molecular flexibility index (Phi) is 4.30. The van der Waals surface area contributed by atoms with Gasteiger partial charge in [-0.3, -0.25) is 4.98 Å². The number of aromatic nitrogens is 1. The zero-order chi connectivity index (χ0) is 19.0. The Hall–Kier alpha value is -3.31. The van der Waals surface area contributed by atoms with Crippen LogP contribution in [0.3, 0.4) is 0 Å². The van der Waals surface area contributed by atoms with E-state index in [0.29, 0.717) is 33.5 Å². The Balaban J connectivity index is 1.88. The second-order valence-electron chi connectivity index (χ2n) is 6.01. The standard InChI is InChI=1S/C21H15ClFN3O/c22-15-10-13(7-8-16(15)23)14-11-26-17(9-6-12-4-2-1-3-5-12)20-18(14)19(24)21(25)27-20/h1-11H,24-25H2/b9-6+. The van der Waals surface area contributed by atoms with Crippen LogP contribution in [0.4, 0.5) is 16.0 Å². The monoisotopic (exact) mass is 379 g/mol. The highest BCUT2D eigenvalue weighted by Gasteiger charge is 2.18. The SMILES string of the molecule is Nc1oc2c(/C=C/c3ccccc3)ncc(-c3ccc(F)c(Cl)c3)c2c1N. The smallest absolute Gasteiger partial charge is 0.215 e. The Morgan fingerprint density at radius 1 is 1.04 bits per heavy atom. The molecule has 134 valence electrons. The number of nitrogens with zero attached hydrogens (tertiary/aromatic N) is 1. The number of rotatable bonds is 3. The van der Waals surface area contributed by atoms with Crippen molar-refractivity contribution in [2.45, 2.75) is 0 Å². The van der Waals surface area contributed by atoms with Gasteiger partial charge in [0.05, 0.1) is 10.4 Å². The lowest BCUT2D eigenvalue weighted by Gasteiger charge is -2.06. The lowest BCUT2D eigenvalue weighted by molar-refractivity contribution is 0.628. The van der Waals surface area contributed by atoms with Crippen LogP contribution in [0.1, 0.15) is 11.3 Å². The zero-order valence-corrected chi connectivity index (χ0v) is 14.9. The molecule has 0 spiro atoms. The first kappa shape index (κ1) is 17.1. The van der Waals surface area contributed by atoms with Crippen molar-refractivity contribution >= 4 is 46.3 Å². The number of furan rings is 1. The molecule has 27 heavy (non-hydrogen) atoms. The number of anilines is 2. The van der Waals surface area contributed by atoms with Crippen molar-refractivity contribution in [2.75, 3.05) is 11.5 Å². The molecule has 4 N–H and O–H groups in total. The number of fused-ring (bicyclic) bond motifs is 1. The van der Waals surface area contributed by atoms with Crippen molar-refractivity contribution in [3.05, 3.63) is 76.8 Å². The number of halogens is 2. The summed E-state index contributed by atoms with van der Waals surface area (Å²) >= 11 is 5.92. The second-order valence-corrected chi connectivity index (χ2v) is 6.42. The molecule has 0 amide bonds. The molecule has 0 aliphatic rings. The van der Waals surface area contributed by atoms with Gasteiger partial charge in [0.15, 0.2) is 5.58 Å². The molecule has 4 rings (SSSR count). The summed E-state index contributed by atoms with van der Waals surface area (Å²) in [5.41, 5.74) is 15.8. The number of pyridine rings is 1. The highest BCUT2D eigenvalue weighted by Crippen LogP contribution is 2.40. The molecule has 0 saturated carbocycles. The fourth-order valence-electron chi connectivity index (χ4n) is 2.91. The molecular formula is C21H15ClFN3O. The van der Waals surface area contributed by atoms with E-state index in [2.05, 4.69) is 4.98 Å². The largest absolute Gasteiger partial charge is 0.436 e. The number of benzene rings is 2. The van der Waals surface area contributed by atoms with Gasteiger partial charge >= 0.3 is 0 Å². The summed E-state index contributed by atoms with van der Waals surface area (Å²) in [6.07, 6.45) is 5.41. The van der Waals surface area contributed by atoms with Gasteiger partial charge in [-0.2, -0.15) is 0 Å². The third-order valence-corrected chi connectivity index (χ3v) is 4.56. The first-order chi connectivity index (χ1) is 13.0. The molecule has 2 heterocycles. The average molecular weight is 380 g/mol. The number of nitrogens with two attached hydrogens (primary N) is 2. The van der Waals surface area contributed by atoms with Crippen molar-refractivity contribution in [1.82, 2.24) is 4.98 Å². The molecule has 0 unspecified atom stereocenters. The third-order valence-electron chi connectivity index (χ3n) is 4.27. The van der Waals surface area contributed by atoms with Gasteiger partial charge in [-0.25, -0.2) is 4.39 Å². The molecule has 0 bridgehead atoms. The van der Waals surface area contributed by atoms with E-state index < -0.39 is 5.82 Å². The molecule has 0 atom stereocenters. The summed E-state index contributed by atoms with van der Waals surface area (Å²) in [5, 5.41) is 0.640. The summed E-state index contributed by atoms with van der Waals surface area (Å²) in [5.74, 6) is -0.381. The first-order valence-corrected chi connectivity index (χ1v) is 8.57. The number of hydrogen-bond donors (Lipinski definition) is 2. The predicted molar refractivity (Wildman–Crippen MR) is 109 cm³/mol. The summed E-state index contributed by atoms with van der Waals surface area (Å²) in [6.45, 7) is 0. The molecular weight excluding hydrogens is 365 g/mol. The maximum Gasteiger partial charge on any atom is 0.215 e. The van der Waals surface area contributed by atoms with E-state index in [1.54, 1.807) is 12.3 Å². The van der Waals surface area contributed by atoms with Crippen LogP contribution >= 0.6 is 11.6 Å². The maximum absolute atomic E-state index is 13.5. The summed E-state index contributed by atoms with van der Waals surface area (Å²) in [4.78, 5) is 4.48.